The monoisotopic (exact) mass is 375 g/mol. The van der Waals surface area contributed by atoms with Gasteiger partial charge in [0.25, 0.3) is 11.8 Å². The first-order valence-electron chi connectivity index (χ1n) is 9.18. The first-order valence-corrected chi connectivity index (χ1v) is 10.1. The third-order valence-corrected chi connectivity index (χ3v) is 5.41. The van der Waals surface area contributed by atoms with Gasteiger partial charge in [-0.2, -0.15) is 0 Å². The lowest BCUT2D eigenvalue weighted by atomic mass is 10.1. The van der Waals surface area contributed by atoms with Crippen molar-refractivity contribution in [1.29, 1.82) is 0 Å². The fraction of sp³-hybridized carbons (Fsp3) is 0.474. The van der Waals surface area contributed by atoms with Crippen LogP contribution in [0.15, 0.2) is 34.3 Å². The van der Waals surface area contributed by atoms with E-state index in [1.807, 2.05) is 0 Å². The number of nitrogens with one attached hydrogen (secondary N) is 3. The van der Waals surface area contributed by atoms with Gasteiger partial charge in [-0.25, -0.2) is 0 Å². The molecule has 0 spiro atoms. The minimum atomic E-state index is -0.360. The average Bonchev–Trinajstić information content (AvgIpc) is 3.27. The fourth-order valence-corrected chi connectivity index (χ4v) is 3.97. The van der Waals surface area contributed by atoms with Crippen LogP contribution in [0.1, 0.15) is 59.4 Å². The van der Waals surface area contributed by atoms with E-state index < -0.39 is 0 Å². The zero-order chi connectivity index (χ0) is 18.2. The van der Waals surface area contributed by atoms with Gasteiger partial charge < -0.3 is 20.4 Å². The Hall–Kier alpha value is -2.12. The molecule has 0 atom stereocenters. The summed E-state index contributed by atoms with van der Waals surface area (Å²) in [6, 6.07) is 5.52. The lowest BCUT2D eigenvalue weighted by Gasteiger charge is -2.16. The van der Waals surface area contributed by atoms with Crippen molar-refractivity contribution in [3.8, 4) is 0 Å². The predicted molar refractivity (Wildman–Crippen MR) is 103 cm³/mol. The molecule has 1 saturated carbocycles. The molecular weight excluding hydrogens is 350 g/mol. The van der Waals surface area contributed by atoms with Gasteiger partial charge in [0.15, 0.2) is 5.76 Å². The molecule has 1 aliphatic rings. The lowest BCUT2D eigenvalue weighted by molar-refractivity contribution is 0.0954. The van der Waals surface area contributed by atoms with Gasteiger partial charge in [0.2, 0.25) is 0 Å². The number of carbonyl (C=O) groups excluding carboxylic acids is 2. The molecule has 1 aliphatic carbocycles. The van der Waals surface area contributed by atoms with Gasteiger partial charge >= 0.3 is 0 Å². The molecule has 0 aromatic carbocycles. The van der Waals surface area contributed by atoms with E-state index in [0.717, 1.165) is 6.54 Å². The van der Waals surface area contributed by atoms with Crippen LogP contribution in [0.2, 0.25) is 0 Å². The zero-order valence-corrected chi connectivity index (χ0v) is 15.6. The number of anilines is 1. The highest BCUT2D eigenvalue weighted by Crippen LogP contribution is 2.24. The maximum Gasteiger partial charge on any atom is 0.291 e. The van der Waals surface area contributed by atoms with Gasteiger partial charge in [0.05, 0.1) is 11.8 Å². The molecule has 0 saturated heterocycles. The Morgan fingerprint density at radius 2 is 1.88 bits per heavy atom. The predicted octanol–water partition coefficient (Wildman–Crippen LogP) is 3.64. The van der Waals surface area contributed by atoms with Gasteiger partial charge in [0, 0.05) is 19.1 Å². The Morgan fingerprint density at radius 1 is 1.08 bits per heavy atom. The van der Waals surface area contributed by atoms with Gasteiger partial charge in [-0.1, -0.05) is 25.7 Å². The van der Waals surface area contributed by atoms with Crippen LogP contribution in [0.5, 0.6) is 0 Å². The van der Waals surface area contributed by atoms with Gasteiger partial charge in [-0.15, -0.1) is 11.3 Å². The smallest absolute Gasteiger partial charge is 0.291 e. The summed E-state index contributed by atoms with van der Waals surface area (Å²) in [4.78, 5) is 24.5. The van der Waals surface area contributed by atoms with Crippen molar-refractivity contribution in [2.75, 3.05) is 18.4 Å². The molecule has 140 valence electrons. The second-order valence-corrected chi connectivity index (χ2v) is 7.41. The van der Waals surface area contributed by atoms with Gasteiger partial charge in [-0.05, 0) is 36.4 Å². The summed E-state index contributed by atoms with van der Waals surface area (Å²) in [5.74, 6) is -0.317. The van der Waals surface area contributed by atoms with E-state index in [9.17, 15) is 9.59 Å². The molecule has 7 heteroatoms. The molecule has 2 aromatic heterocycles. The van der Waals surface area contributed by atoms with Crippen molar-refractivity contribution in [2.24, 2.45) is 0 Å². The maximum absolute atomic E-state index is 12.4. The SMILES string of the molecule is O=C(Nc1sccc1C(=O)NCCNC1CCCCCC1)c1ccco1. The molecule has 2 amide bonds. The molecule has 0 unspecified atom stereocenters. The highest BCUT2D eigenvalue weighted by molar-refractivity contribution is 7.14. The summed E-state index contributed by atoms with van der Waals surface area (Å²) < 4.78 is 5.07. The quantitative estimate of drug-likeness (QED) is 0.510. The van der Waals surface area contributed by atoms with Crippen LogP contribution in [-0.4, -0.2) is 30.9 Å². The van der Waals surface area contributed by atoms with Crippen molar-refractivity contribution in [1.82, 2.24) is 10.6 Å². The van der Waals surface area contributed by atoms with Crippen LogP contribution >= 0.6 is 11.3 Å². The first-order chi connectivity index (χ1) is 12.7. The van der Waals surface area contributed by atoms with Gasteiger partial charge in [-0.3, -0.25) is 9.59 Å². The zero-order valence-electron chi connectivity index (χ0n) is 14.8. The van der Waals surface area contributed by atoms with Crippen LogP contribution in [0.4, 0.5) is 5.00 Å². The largest absolute Gasteiger partial charge is 0.459 e. The molecule has 2 aromatic rings. The minimum Gasteiger partial charge on any atom is -0.459 e. The van der Waals surface area contributed by atoms with Crippen molar-refractivity contribution >= 4 is 28.2 Å². The summed E-state index contributed by atoms with van der Waals surface area (Å²) in [6.45, 7) is 1.32. The molecular formula is C19H25N3O3S. The third kappa shape index (κ3) is 5.19. The highest BCUT2D eigenvalue weighted by Gasteiger charge is 2.17. The lowest BCUT2D eigenvalue weighted by Crippen LogP contribution is -2.37. The number of carbonyl (C=O) groups is 2. The molecule has 2 heterocycles. The molecule has 3 rings (SSSR count). The summed E-state index contributed by atoms with van der Waals surface area (Å²) in [6.07, 6.45) is 9.13. The Morgan fingerprint density at radius 3 is 2.62 bits per heavy atom. The highest BCUT2D eigenvalue weighted by atomic mass is 32.1. The maximum atomic E-state index is 12.4. The number of hydrogen-bond donors (Lipinski definition) is 3. The summed E-state index contributed by atoms with van der Waals surface area (Å²) in [5, 5.41) is 11.5. The molecule has 1 fully saturated rings. The Kier molecular flexibility index (Phi) is 6.85. The third-order valence-electron chi connectivity index (χ3n) is 4.58. The van der Waals surface area contributed by atoms with E-state index in [4.69, 9.17) is 4.42 Å². The fourth-order valence-electron chi connectivity index (χ4n) is 3.19. The van der Waals surface area contributed by atoms with Gasteiger partial charge in [0.1, 0.15) is 5.00 Å². The standard InChI is InChI=1S/C19H25N3O3S/c23-17(21-11-10-20-14-6-3-1-2-4-7-14)15-9-13-26-19(15)22-18(24)16-8-5-12-25-16/h5,8-9,12-14,20H,1-4,6-7,10-11H2,(H,21,23)(H,22,24). The van der Waals surface area contributed by atoms with E-state index in [1.165, 1.54) is 56.1 Å². The van der Waals surface area contributed by atoms with Crippen molar-refractivity contribution in [2.45, 2.75) is 44.6 Å². The van der Waals surface area contributed by atoms with Crippen molar-refractivity contribution in [3.63, 3.8) is 0 Å². The van der Waals surface area contributed by atoms with E-state index in [0.29, 0.717) is 23.2 Å². The number of rotatable bonds is 7. The number of furan rings is 1. The number of thiophene rings is 1. The van der Waals surface area contributed by atoms with E-state index in [-0.39, 0.29) is 17.6 Å². The first kappa shape index (κ1) is 18.7. The Bertz CT molecular complexity index is 703. The molecule has 0 bridgehead atoms. The van der Waals surface area contributed by atoms with E-state index in [1.54, 1.807) is 23.6 Å². The summed E-state index contributed by atoms with van der Waals surface area (Å²) in [7, 11) is 0. The van der Waals surface area contributed by atoms with Crippen molar-refractivity contribution in [3.05, 3.63) is 41.2 Å². The number of hydrogen-bond acceptors (Lipinski definition) is 5. The topological polar surface area (TPSA) is 83.4 Å². The second-order valence-electron chi connectivity index (χ2n) is 6.49. The minimum absolute atomic E-state index is 0.177. The van der Waals surface area contributed by atoms with Crippen LogP contribution in [0.3, 0.4) is 0 Å². The molecule has 3 N–H and O–H groups in total. The van der Waals surface area contributed by atoms with Crippen LogP contribution in [0, 0.1) is 0 Å². The van der Waals surface area contributed by atoms with Crippen molar-refractivity contribution < 1.29 is 14.0 Å². The van der Waals surface area contributed by atoms with E-state index >= 15 is 0 Å². The molecule has 26 heavy (non-hydrogen) atoms. The normalized spacial score (nSPS) is 15.4. The summed E-state index contributed by atoms with van der Waals surface area (Å²) in [5.41, 5.74) is 0.476. The molecule has 0 aliphatic heterocycles. The molecule has 0 radical (unpaired) electrons. The van der Waals surface area contributed by atoms with Crippen LogP contribution < -0.4 is 16.0 Å². The average molecular weight is 375 g/mol. The van der Waals surface area contributed by atoms with E-state index in [2.05, 4.69) is 16.0 Å². The second kappa shape index (κ2) is 9.54. The summed E-state index contributed by atoms with van der Waals surface area (Å²) >= 11 is 1.32. The molecule has 6 nitrogen and oxygen atoms in total. The van der Waals surface area contributed by atoms with Crippen LogP contribution in [0.25, 0.3) is 0 Å². The number of amides is 2. The van der Waals surface area contributed by atoms with Crippen LogP contribution in [-0.2, 0) is 0 Å². The Labute approximate surface area is 157 Å². The Balaban J connectivity index is 1.45.